The summed E-state index contributed by atoms with van der Waals surface area (Å²) in [4.78, 5) is 16.2. The molecule has 2 aromatic carbocycles. The highest BCUT2D eigenvalue weighted by atomic mass is 35.5. The number of aromatic nitrogens is 3. The van der Waals surface area contributed by atoms with Gasteiger partial charge in [0.25, 0.3) is 5.91 Å². The zero-order valence-corrected chi connectivity index (χ0v) is 14.3. The molecule has 5 nitrogen and oxygen atoms in total. The van der Waals surface area contributed by atoms with Gasteiger partial charge in [-0.15, -0.1) is 0 Å². The molecule has 0 unspecified atom stereocenters. The first-order chi connectivity index (χ1) is 12.3. The van der Waals surface area contributed by atoms with Gasteiger partial charge in [0.1, 0.15) is 12.7 Å². The summed E-state index contributed by atoms with van der Waals surface area (Å²) in [6.45, 7) is 0. The normalized spacial score (nSPS) is 11.4. The van der Waals surface area contributed by atoms with E-state index in [1.807, 2.05) is 0 Å². The highest BCUT2D eigenvalue weighted by Gasteiger charge is 2.31. The lowest BCUT2D eigenvalue weighted by molar-refractivity contribution is -0.137. The fourth-order valence-electron chi connectivity index (χ4n) is 2.21. The van der Waals surface area contributed by atoms with Crippen molar-refractivity contribution in [2.24, 2.45) is 0 Å². The second-order valence-corrected chi connectivity index (χ2v) is 5.99. The van der Waals surface area contributed by atoms with Crippen LogP contribution in [-0.2, 0) is 6.18 Å². The molecule has 10 heteroatoms. The van der Waals surface area contributed by atoms with Crippen LogP contribution in [0.4, 0.5) is 18.9 Å². The lowest BCUT2D eigenvalue weighted by Crippen LogP contribution is -2.16. The van der Waals surface area contributed by atoms with Crippen molar-refractivity contribution in [1.29, 1.82) is 0 Å². The van der Waals surface area contributed by atoms with Gasteiger partial charge in [0.15, 0.2) is 0 Å². The molecule has 0 radical (unpaired) electrons. The third-order valence-corrected chi connectivity index (χ3v) is 3.98. The largest absolute Gasteiger partial charge is 0.416 e. The molecule has 0 spiro atoms. The summed E-state index contributed by atoms with van der Waals surface area (Å²) in [6, 6.07) is 7.12. The molecule has 0 atom stereocenters. The molecule has 134 valence electrons. The fraction of sp³-hybridized carbons (Fsp3) is 0.0625. The topological polar surface area (TPSA) is 59.8 Å². The molecule has 1 amide bonds. The van der Waals surface area contributed by atoms with Gasteiger partial charge in [-0.3, -0.25) is 4.79 Å². The summed E-state index contributed by atoms with van der Waals surface area (Å²) in [7, 11) is 0. The molecule has 3 rings (SSSR count). The SMILES string of the molecule is O=C(Nc1cc(C(F)(F)F)ccc1-n1cncn1)c1cc(Cl)ccc1Cl. The van der Waals surface area contributed by atoms with E-state index in [-0.39, 0.29) is 27.0 Å². The van der Waals surface area contributed by atoms with E-state index >= 15 is 0 Å². The molecule has 0 saturated heterocycles. The van der Waals surface area contributed by atoms with Gasteiger partial charge in [0, 0.05) is 5.02 Å². The number of alkyl halides is 3. The van der Waals surface area contributed by atoms with Crippen molar-refractivity contribution in [3.8, 4) is 5.69 Å². The van der Waals surface area contributed by atoms with Crippen LogP contribution < -0.4 is 5.32 Å². The molecule has 0 aliphatic rings. The second-order valence-electron chi connectivity index (χ2n) is 5.15. The molecule has 0 aliphatic carbocycles. The van der Waals surface area contributed by atoms with Crippen LogP contribution >= 0.6 is 23.2 Å². The molecule has 1 N–H and O–H groups in total. The number of nitrogens with one attached hydrogen (secondary N) is 1. The van der Waals surface area contributed by atoms with Crippen LogP contribution in [0.1, 0.15) is 15.9 Å². The number of hydrogen-bond donors (Lipinski definition) is 1. The molecular weight excluding hydrogens is 392 g/mol. The van der Waals surface area contributed by atoms with Crippen LogP contribution in [-0.4, -0.2) is 20.7 Å². The highest BCUT2D eigenvalue weighted by molar-refractivity contribution is 6.36. The van der Waals surface area contributed by atoms with E-state index in [1.54, 1.807) is 0 Å². The Morgan fingerprint density at radius 3 is 2.54 bits per heavy atom. The van der Waals surface area contributed by atoms with Crippen molar-refractivity contribution < 1.29 is 18.0 Å². The Bertz CT molecular complexity index is 959. The van der Waals surface area contributed by atoms with Crippen LogP contribution in [0.3, 0.4) is 0 Å². The van der Waals surface area contributed by atoms with Crippen LogP contribution in [0, 0.1) is 0 Å². The Labute approximate surface area is 155 Å². The summed E-state index contributed by atoms with van der Waals surface area (Å²) in [5.41, 5.74) is -0.789. The van der Waals surface area contributed by atoms with Crippen molar-refractivity contribution in [2.45, 2.75) is 6.18 Å². The Balaban J connectivity index is 2.04. The van der Waals surface area contributed by atoms with Gasteiger partial charge < -0.3 is 5.32 Å². The summed E-state index contributed by atoms with van der Waals surface area (Å²) < 4.78 is 40.3. The molecule has 1 aromatic heterocycles. The maximum absolute atomic E-state index is 13.0. The van der Waals surface area contributed by atoms with E-state index < -0.39 is 17.6 Å². The summed E-state index contributed by atoms with van der Waals surface area (Å²) in [6.07, 6.45) is -2.06. The minimum Gasteiger partial charge on any atom is -0.320 e. The van der Waals surface area contributed by atoms with Crippen LogP contribution in [0.25, 0.3) is 5.69 Å². The van der Waals surface area contributed by atoms with E-state index in [1.165, 1.54) is 41.6 Å². The molecule has 26 heavy (non-hydrogen) atoms. The lowest BCUT2D eigenvalue weighted by atomic mass is 10.1. The Hall–Kier alpha value is -2.58. The maximum atomic E-state index is 13.0. The number of halogens is 5. The minimum absolute atomic E-state index is 0.0288. The van der Waals surface area contributed by atoms with E-state index in [9.17, 15) is 18.0 Å². The van der Waals surface area contributed by atoms with Gasteiger partial charge in [-0.25, -0.2) is 9.67 Å². The average molecular weight is 401 g/mol. The van der Waals surface area contributed by atoms with Crippen LogP contribution in [0.2, 0.25) is 10.0 Å². The zero-order chi connectivity index (χ0) is 18.9. The number of carbonyl (C=O) groups excluding carboxylic acids is 1. The molecule has 0 bridgehead atoms. The number of nitrogens with zero attached hydrogens (tertiary/aromatic N) is 3. The van der Waals surface area contributed by atoms with E-state index in [2.05, 4.69) is 15.4 Å². The maximum Gasteiger partial charge on any atom is 0.416 e. The van der Waals surface area contributed by atoms with E-state index in [4.69, 9.17) is 23.2 Å². The second kappa shape index (κ2) is 6.97. The Kier molecular flexibility index (Phi) is 4.88. The number of benzene rings is 2. The summed E-state index contributed by atoms with van der Waals surface area (Å²) in [5.74, 6) is -0.710. The van der Waals surface area contributed by atoms with Crippen molar-refractivity contribution in [3.05, 3.63) is 70.2 Å². The first kappa shape index (κ1) is 18.2. The van der Waals surface area contributed by atoms with Crippen molar-refractivity contribution in [2.75, 3.05) is 5.32 Å². The standard InChI is InChI=1S/C16H9Cl2F3N4O/c17-10-2-3-12(18)11(6-10)15(26)24-13-5-9(16(19,20)21)1-4-14(13)25-8-22-7-23-25/h1-8H,(H,24,26). The molecule has 0 aliphatic heterocycles. The van der Waals surface area contributed by atoms with E-state index in [0.717, 1.165) is 12.1 Å². The molecule has 3 aromatic rings. The summed E-state index contributed by atoms with van der Waals surface area (Å²) >= 11 is 11.8. The lowest BCUT2D eigenvalue weighted by Gasteiger charge is -2.15. The third kappa shape index (κ3) is 3.81. The van der Waals surface area contributed by atoms with E-state index in [0.29, 0.717) is 0 Å². The average Bonchev–Trinajstić information content (AvgIpc) is 3.10. The predicted octanol–water partition coefficient (Wildman–Crippen LogP) is 4.85. The predicted molar refractivity (Wildman–Crippen MR) is 90.8 cm³/mol. The van der Waals surface area contributed by atoms with Crippen LogP contribution in [0.5, 0.6) is 0 Å². The highest BCUT2D eigenvalue weighted by Crippen LogP contribution is 2.33. The molecule has 0 saturated carbocycles. The number of rotatable bonds is 3. The van der Waals surface area contributed by atoms with Gasteiger partial charge >= 0.3 is 6.18 Å². The number of amides is 1. The third-order valence-electron chi connectivity index (χ3n) is 3.41. The van der Waals surface area contributed by atoms with Gasteiger partial charge in [0.05, 0.1) is 27.5 Å². The Morgan fingerprint density at radius 1 is 1.12 bits per heavy atom. The molecule has 0 fully saturated rings. The zero-order valence-electron chi connectivity index (χ0n) is 12.8. The molecule has 1 heterocycles. The van der Waals surface area contributed by atoms with Crippen LogP contribution in [0.15, 0.2) is 49.1 Å². The minimum atomic E-state index is -4.58. The first-order valence-corrected chi connectivity index (χ1v) is 7.84. The smallest absolute Gasteiger partial charge is 0.320 e. The number of carbonyl (C=O) groups is 1. The fourth-order valence-corrected chi connectivity index (χ4v) is 2.58. The first-order valence-electron chi connectivity index (χ1n) is 7.08. The number of hydrogen-bond acceptors (Lipinski definition) is 3. The molecular formula is C16H9Cl2F3N4O. The number of anilines is 1. The monoisotopic (exact) mass is 400 g/mol. The summed E-state index contributed by atoms with van der Waals surface area (Å²) in [5, 5.41) is 6.68. The van der Waals surface area contributed by atoms with Crippen molar-refractivity contribution in [1.82, 2.24) is 14.8 Å². The van der Waals surface area contributed by atoms with Crippen molar-refractivity contribution >= 4 is 34.8 Å². The Morgan fingerprint density at radius 2 is 1.88 bits per heavy atom. The quantitative estimate of drug-likeness (QED) is 0.683. The van der Waals surface area contributed by atoms with Gasteiger partial charge in [-0.1, -0.05) is 23.2 Å². The van der Waals surface area contributed by atoms with Gasteiger partial charge in [-0.2, -0.15) is 18.3 Å². The van der Waals surface area contributed by atoms with Crippen molar-refractivity contribution in [3.63, 3.8) is 0 Å². The van der Waals surface area contributed by atoms with Gasteiger partial charge in [-0.05, 0) is 36.4 Å². The van der Waals surface area contributed by atoms with Gasteiger partial charge in [0.2, 0.25) is 0 Å².